The third-order valence-electron chi connectivity index (χ3n) is 6.27. The molecule has 6 heteroatoms. The quantitative estimate of drug-likeness (QED) is 0.800. The first-order valence-electron chi connectivity index (χ1n) is 9.05. The average Bonchev–Trinajstić information content (AvgIpc) is 3.12. The Balaban J connectivity index is 1.49. The molecule has 5 nitrogen and oxygen atoms in total. The molecule has 1 saturated carbocycles. The van der Waals surface area contributed by atoms with Crippen LogP contribution in [0.3, 0.4) is 0 Å². The van der Waals surface area contributed by atoms with Crippen molar-refractivity contribution < 1.29 is 14.5 Å². The summed E-state index contributed by atoms with van der Waals surface area (Å²) < 4.78 is 0. The zero-order valence-corrected chi connectivity index (χ0v) is 15.2. The first-order valence-corrected chi connectivity index (χ1v) is 9.93. The zero-order valence-electron chi connectivity index (χ0n) is 14.4. The average molecular weight is 348 g/mol. The fourth-order valence-corrected chi connectivity index (χ4v) is 5.46. The molecule has 0 bridgehead atoms. The molecule has 2 aliphatic heterocycles. The molecule has 2 atom stereocenters. The fourth-order valence-electron chi connectivity index (χ4n) is 4.48. The maximum absolute atomic E-state index is 13.0. The lowest BCUT2D eigenvalue weighted by atomic mass is 9.77. The van der Waals surface area contributed by atoms with E-state index in [9.17, 15) is 9.59 Å². The second kappa shape index (κ2) is 5.85. The van der Waals surface area contributed by atoms with Crippen molar-refractivity contribution >= 4 is 23.3 Å². The smallest absolute Gasteiger partial charge is 0.323 e. The first kappa shape index (κ1) is 16.1. The van der Waals surface area contributed by atoms with Crippen molar-refractivity contribution in [2.45, 2.75) is 57.5 Å². The number of carbonyl (C=O) groups is 2. The Morgan fingerprint density at radius 1 is 1.33 bits per heavy atom. The summed E-state index contributed by atoms with van der Waals surface area (Å²) >= 11 is 1.82. The Kier molecular flexibility index (Phi) is 3.92. The Hall–Kier alpha value is -1.40. The van der Waals surface area contributed by atoms with Gasteiger partial charge in [0.2, 0.25) is 0 Å². The summed E-state index contributed by atoms with van der Waals surface area (Å²) in [6, 6.07) is 2.34. The highest BCUT2D eigenvalue weighted by Gasteiger charge is 2.53. The van der Waals surface area contributed by atoms with Crippen LogP contribution in [0.1, 0.15) is 56.0 Å². The lowest BCUT2D eigenvalue weighted by Gasteiger charge is -2.35. The van der Waals surface area contributed by atoms with Crippen molar-refractivity contribution in [1.82, 2.24) is 10.2 Å². The molecule has 1 aromatic rings. The van der Waals surface area contributed by atoms with E-state index in [2.05, 4.69) is 30.6 Å². The van der Waals surface area contributed by atoms with Crippen LogP contribution in [0.2, 0.25) is 0 Å². The minimum Gasteiger partial charge on any atom is -0.323 e. The number of amides is 3. The summed E-state index contributed by atoms with van der Waals surface area (Å²) in [6.07, 6.45) is 4.65. The van der Waals surface area contributed by atoms with Gasteiger partial charge >= 0.3 is 6.03 Å². The number of nitrogens with zero attached hydrogens (tertiary/aromatic N) is 1. The first-order chi connectivity index (χ1) is 11.5. The number of thiophene rings is 1. The van der Waals surface area contributed by atoms with Crippen molar-refractivity contribution in [3.63, 3.8) is 0 Å². The number of hydrogen-bond acceptors (Lipinski definition) is 3. The topological polar surface area (TPSA) is 53.9 Å². The van der Waals surface area contributed by atoms with Crippen LogP contribution in [0.4, 0.5) is 4.79 Å². The molecule has 2 N–H and O–H groups in total. The number of nitrogens with one attached hydrogen (secondary N) is 2. The van der Waals surface area contributed by atoms with Crippen LogP contribution in [-0.4, -0.2) is 35.6 Å². The SMILES string of the molecule is CC1CCC2(CC1)NC(=O)N(C[NH+]1CCc3sccc3[C@@H]1C)C2=O. The van der Waals surface area contributed by atoms with Crippen LogP contribution in [0.5, 0.6) is 0 Å². The van der Waals surface area contributed by atoms with Gasteiger partial charge in [-0.25, -0.2) is 9.69 Å². The van der Waals surface area contributed by atoms with E-state index in [0.717, 1.165) is 38.6 Å². The number of urea groups is 1. The Morgan fingerprint density at radius 2 is 2.08 bits per heavy atom. The third kappa shape index (κ3) is 2.47. The van der Waals surface area contributed by atoms with Gasteiger partial charge in [0.25, 0.3) is 5.91 Å². The fraction of sp³-hybridized carbons (Fsp3) is 0.667. The highest BCUT2D eigenvalue weighted by atomic mass is 32.1. The molecule has 1 spiro atoms. The van der Waals surface area contributed by atoms with Crippen LogP contribution >= 0.6 is 11.3 Å². The highest BCUT2D eigenvalue weighted by Crippen LogP contribution is 2.36. The number of fused-ring (bicyclic) bond motifs is 1. The van der Waals surface area contributed by atoms with Gasteiger partial charge in [0.05, 0.1) is 6.54 Å². The normalized spacial score (nSPS) is 36.1. The lowest BCUT2D eigenvalue weighted by molar-refractivity contribution is -0.938. The molecule has 1 saturated heterocycles. The van der Waals surface area contributed by atoms with Gasteiger partial charge in [0, 0.05) is 16.9 Å². The molecule has 3 amide bonds. The number of imide groups is 1. The molecule has 1 aliphatic carbocycles. The van der Waals surface area contributed by atoms with Gasteiger partial charge in [-0.1, -0.05) is 6.92 Å². The van der Waals surface area contributed by atoms with Crippen LogP contribution in [-0.2, 0) is 11.2 Å². The van der Waals surface area contributed by atoms with E-state index in [1.807, 2.05) is 11.3 Å². The van der Waals surface area contributed by atoms with Crippen LogP contribution in [0.15, 0.2) is 11.4 Å². The molecule has 3 heterocycles. The van der Waals surface area contributed by atoms with E-state index in [1.165, 1.54) is 20.2 Å². The summed E-state index contributed by atoms with van der Waals surface area (Å²) in [5.41, 5.74) is 0.768. The third-order valence-corrected chi connectivity index (χ3v) is 7.26. The van der Waals surface area contributed by atoms with Crippen molar-refractivity contribution in [1.29, 1.82) is 0 Å². The van der Waals surface area contributed by atoms with Gasteiger partial charge in [-0.05, 0) is 50.0 Å². The molecule has 1 aromatic heterocycles. The Bertz CT molecular complexity index is 663. The number of quaternary nitrogens is 1. The molecule has 3 aliphatic rings. The van der Waals surface area contributed by atoms with Gasteiger partial charge in [0.1, 0.15) is 11.6 Å². The molecule has 130 valence electrons. The van der Waals surface area contributed by atoms with E-state index in [-0.39, 0.29) is 11.9 Å². The highest BCUT2D eigenvalue weighted by molar-refractivity contribution is 7.10. The van der Waals surface area contributed by atoms with E-state index >= 15 is 0 Å². The second-order valence-corrected chi connectivity index (χ2v) is 8.77. The summed E-state index contributed by atoms with van der Waals surface area (Å²) in [7, 11) is 0. The van der Waals surface area contributed by atoms with Crippen molar-refractivity contribution in [3.05, 3.63) is 21.9 Å². The van der Waals surface area contributed by atoms with Gasteiger partial charge < -0.3 is 10.2 Å². The van der Waals surface area contributed by atoms with E-state index in [4.69, 9.17) is 0 Å². The lowest BCUT2D eigenvalue weighted by Crippen LogP contribution is -3.14. The minimum atomic E-state index is -0.615. The molecule has 4 rings (SSSR count). The summed E-state index contributed by atoms with van der Waals surface area (Å²) in [5, 5.41) is 5.18. The molecule has 0 radical (unpaired) electrons. The molecule has 1 unspecified atom stereocenters. The summed E-state index contributed by atoms with van der Waals surface area (Å²) in [6.45, 7) is 5.90. The maximum atomic E-state index is 13.0. The van der Waals surface area contributed by atoms with Crippen LogP contribution in [0.25, 0.3) is 0 Å². The van der Waals surface area contributed by atoms with E-state index in [1.54, 1.807) is 0 Å². The minimum absolute atomic E-state index is 0.00946. The summed E-state index contributed by atoms with van der Waals surface area (Å²) in [5.74, 6) is 0.661. The van der Waals surface area contributed by atoms with Gasteiger partial charge in [-0.15, -0.1) is 11.3 Å². The van der Waals surface area contributed by atoms with Crippen molar-refractivity contribution in [2.75, 3.05) is 13.2 Å². The molecule has 2 fully saturated rings. The Labute approximate surface area is 147 Å². The summed E-state index contributed by atoms with van der Waals surface area (Å²) in [4.78, 5) is 29.8. The van der Waals surface area contributed by atoms with Crippen molar-refractivity contribution in [3.8, 4) is 0 Å². The zero-order chi connectivity index (χ0) is 16.9. The van der Waals surface area contributed by atoms with E-state index in [0.29, 0.717) is 18.6 Å². The van der Waals surface area contributed by atoms with Crippen LogP contribution < -0.4 is 10.2 Å². The standard InChI is InChI=1S/C18H25N3O2S/c1-12-3-7-18(8-4-12)16(22)21(17(23)19-18)11-20-9-5-15-14(13(20)2)6-10-24-15/h6,10,12-13H,3-5,7-9,11H2,1-2H3,(H,19,23)/p+1/t12?,13-,18?/m0/s1. The number of carbonyl (C=O) groups excluding carboxylic acids is 2. The largest absolute Gasteiger partial charge is 0.329 e. The molecular weight excluding hydrogens is 322 g/mol. The Morgan fingerprint density at radius 3 is 2.83 bits per heavy atom. The van der Waals surface area contributed by atoms with Gasteiger partial charge in [-0.2, -0.15) is 0 Å². The van der Waals surface area contributed by atoms with E-state index < -0.39 is 5.54 Å². The molecule has 24 heavy (non-hydrogen) atoms. The maximum Gasteiger partial charge on any atom is 0.329 e. The predicted molar refractivity (Wildman–Crippen MR) is 92.9 cm³/mol. The van der Waals surface area contributed by atoms with Gasteiger partial charge in [-0.3, -0.25) is 4.79 Å². The van der Waals surface area contributed by atoms with Crippen LogP contribution in [0, 0.1) is 5.92 Å². The number of hydrogen-bond donors (Lipinski definition) is 2. The van der Waals surface area contributed by atoms with Crippen molar-refractivity contribution in [2.24, 2.45) is 5.92 Å². The van der Waals surface area contributed by atoms with Gasteiger partial charge in [0.15, 0.2) is 6.67 Å². The second-order valence-electron chi connectivity index (χ2n) is 7.77. The predicted octanol–water partition coefficient (Wildman–Crippen LogP) is 1.71. The number of rotatable bonds is 2. The molecular formula is C18H26N3O2S+. The monoisotopic (exact) mass is 348 g/mol. The molecule has 0 aromatic carbocycles.